The Morgan fingerprint density at radius 1 is 1.21 bits per heavy atom. The molecule has 13 nitrogen and oxygen atoms in total. The number of carbonyl (C=O) groups excluding carboxylic acids is 2. The Kier molecular flexibility index (Phi) is 9.90. The molecule has 4 N–H and O–H groups in total. The van der Waals surface area contributed by atoms with E-state index in [0.717, 1.165) is 24.1 Å². The molecule has 0 aliphatic heterocycles. The summed E-state index contributed by atoms with van der Waals surface area (Å²) in [7, 11) is 3.21. The van der Waals surface area contributed by atoms with E-state index in [-0.39, 0.29) is 31.0 Å². The summed E-state index contributed by atoms with van der Waals surface area (Å²) < 4.78 is 1.38. The highest BCUT2D eigenvalue weighted by Crippen LogP contribution is 2.16. The highest BCUT2D eigenvalue weighted by molar-refractivity contribution is 5.96. The van der Waals surface area contributed by atoms with Gasteiger partial charge < -0.3 is 30.2 Å². The van der Waals surface area contributed by atoms with Gasteiger partial charge in [0.05, 0.1) is 12.2 Å². The Hall–Kier alpha value is -4.55. The van der Waals surface area contributed by atoms with Crippen molar-refractivity contribution in [3.63, 3.8) is 0 Å². The van der Waals surface area contributed by atoms with Crippen molar-refractivity contribution in [3.8, 4) is 0 Å². The van der Waals surface area contributed by atoms with Crippen molar-refractivity contribution >= 4 is 34.8 Å². The van der Waals surface area contributed by atoms with Crippen molar-refractivity contribution < 1.29 is 19.5 Å². The summed E-state index contributed by atoms with van der Waals surface area (Å²) in [4.78, 5) is 66.5. The largest absolute Gasteiger partial charge is 0.465 e. The lowest BCUT2D eigenvalue weighted by molar-refractivity contribution is -0.123. The Balaban J connectivity index is 1.73. The number of likely N-dealkylation sites (N-methyl/N-ethyl adjacent to an activating group) is 1. The number of anilines is 1. The maximum absolute atomic E-state index is 13.1. The molecule has 3 amide bonds. The van der Waals surface area contributed by atoms with Crippen LogP contribution < -0.4 is 16.2 Å². The normalized spacial score (nSPS) is 12.1. The molecule has 0 spiro atoms. The summed E-state index contributed by atoms with van der Waals surface area (Å²) in [6.07, 6.45) is 6.67. The highest BCUT2D eigenvalue weighted by atomic mass is 16.4. The second-order valence-corrected chi connectivity index (χ2v) is 9.69. The number of nitrogens with zero attached hydrogens (tertiary/aromatic N) is 5. The number of hydrogen-bond acceptors (Lipinski definition) is 7. The summed E-state index contributed by atoms with van der Waals surface area (Å²) >= 11 is 0. The van der Waals surface area contributed by atoms with Crippen LogP contribution in [0.25, 0.3) is 11.2 Å². The number of rotatable bonds is 12. The van der Waals surface area contributed by atoms with Crippen molar-refractivity contribution in [2.75, 3.05) is 19.4 Å². The van der Waals surface area contributed by atoms with Crippen LogP contribution in [0.3, 0.4) is 0 Å². The molecule has 0 aromatic carbocycles. The van der Waals surface area contributed by atoms with Crippen molar-refractivity contribution in [2.45, 2.75) is 52.1 Å². The molecule has 0 fully saturated rings. The molecule has 13 heteroatoms. The van der Waals surface area contributed by atoms with Gasteiger partial charge in [-0.05, 0) is 49.8 Å². The first-order valence-electron chi connectivity index (χ1n) is 12.6. The maximum atomic E-state index is 13.1. The van der Waals surface area contributed by atoms with E-state index in [0.29, 0.717) is 17.4 Å². The lowest BCUT2D eigenvalue weighted by Crippen LogP contribution is -2.44. The molecule has 0 saturated carbocycles. The standard InChI is InChI=1S/C26H34N8O5/c1-16(2)11-12-17-22-23(28-15-27-17)32-20(31-22)14-34-13-7-9-19(25(34)37)29-24(36)18(30-26(38)39)8-5-6-10-21(35)33(3)4/h6-7,9-10,13,15-16,18,30H,5,8,11-12,14H2,1-4H3,(H,29,36)(H,38,39)(H,27,28,31,32)/b10-6+/t18-/m0/s1. The van der Waals surface area contributed by atoms with E-state index in [1.54, 1.807) is 32.4 Å². The fraction of sp³-hybridized carbons (Fsp3) is 0.423. The average Bonchev–Trinajstić information content (AvgIpc) is 3.29. The number of aryl methyl sites for hydroxylation is 1. The molecule has 0 aliphatic rings. The minimum Gasteiger partial charge on any atom is -0.465 e. The van der Waals surface area contributed by atoms with Crippen molar-refractivity contribution in [1.29, 1.82) is 0 Å². The predicted octanol–water partition coefficient (Wildman–Crippen LogP) is 2.15. The average molecular weight is 539 g/mol. The molecule has 1 atom stereocenters. The SMILES string of the molecule is CC(C)CCc1ncnc2nc(Cn3cccc(NC(=O)[C@H](CC/C=C/C(=O)N(C)C)NC(=O)O)c3=O)[nH]c12. The molecular formula is C26H34N8O5. The van der Waals surface area contributed by atoms with Gasteiger partial charge in [-0.15, -0.1) is 0 Å². The van der Waals surface area contributed by atoms with Crippen molar-refractivity contribution in [2.24, 2.45) is 5.92 Å². The Morgan fingerprint density at radius 3 is 2.67 bits per heavy atom. The third-order valence-corrected chi connectivity index (χ3v) is 5.91. The molecule has 0 saturated heterocycles. The number of aromatic nitrogens is 5. The van der Waals surface area contributed by atoms with Gasteiger partial charge in [0.25, 0.3) is 5.56 Å². The predicted molar refractivity (Wildman–Crippen MR) is 145 cm³/mol. The molecule has 0 radical (unpaired) electrons. The molecule has 3 aromatic heterocycles. The highest BCUT2D eigenvalue weighted by Gasteiger charge is 2.21. The van der Waals surface area contributed by atoms with E-state index in [1.165, 1.54) is 27.9 Å². The molecule has 208 valence electrons. The number of pyridine rings is 1. The summed E-state index contributed by atoms with van der Waals surface area (Å²) in [6.45, 7) is 4.38. The van der Waals surface area contributed by atoms with Crippen LogP contribution in [0.15, 0.2) is 41.6 Å². The van der Waals surface area contributed by atoms with Gasteiger partial charge in [-0.1, -0.05) is 19.9 Å². The van der Waals surface area contributed by atoms with Gasteiger partial charge in [0.15, 0.2) is 5.65 Å². The van der Waals surface area contributed by atoms with Gasteiger partial charge in [0.1, 0.15) is 29.4 Å². The topological polar surface area (TPSA) is 175 Å². The number of hydrogen-bond donors (Lipinski definition) is 4. The van der Waals surface area contributed by atoms with Crippen LogP contribution in [0.4, 0.5) is 10.5 Å². The molecule has 39 heavy (non-hydrogen) atoms. The minimum absolute atomic E-state index is 0.00783. The minimum atomic E-state index is -1.38. The van der Waals surface area contributed by atoms with Gasteiger partial charge in [-0.25, -0.2) is 19.7 Å². The second kappa shape index (κ2) is 13.3. The molecule has 0 unspecified atom stereocenters. The molecule has 3 aromatic rings. The zero-order valence-corrected chi connectivity index (χ0v) is 22.5. The molecule has 3 rings (SSSR count). The quantitative estimate of drug-likeness (QED) is 0.254. The van der Waals surface area contributed by atoms with Gasteiger partial charge in [-0.3, -0.25) is 14.4 Å². The summed E-state index contributed by atoms with van der Waals surface area (Å²) in [6, 6.07) is 1.91. The van der Waals surface area contributed by atoms with Crippen LogP contribution in [0.1, 0.15) is 44.6 Å². The van der Waals surface area contributed by atoms with Crippen molar-refractivity contribution in [1.82, 2.24) is 34.7 Å². The lowest BCUT2D eigenvalue weighted by atomic mass is 10.1. The number of amides is 3. The van der Waals surface area contributed by atoms with E-state index in [4.69, 9.17) is 5.11 Å². The molecule has 3 heterocycles. The second-order valence-electron chi connectivity index (χ2n) is 9.69. The van der Waals surface area contributed by atoms with E-state index < -0.39 is 23.6 Å². The third kappa shape index (κ3) is 8.22. The number of fused-ring (bicyclic) bond motifs is 1. The van der Waals surface area contributed by atoms with Crippen LogP contribution in [-0.4, -0.2) is 72.6 Å². The maximum Gasteiger partial charge on any atom is 0.405 e. The number of allylic oxidation sites excluding steroid dienone is 1. The van der Waals surface area contributed by atoms with Crippen LogP contribution >= 0.6 is 0 Å². The van der Waals surface area contributed by atoms with Gasteiger partial charge in [-0.2, -0.15) is 0 Å². The van der Waals surface area contributed by atoms with E-state index in [1.807, 2.05) is 0 Å². The zero-order chi connectivity index (χ0) is 28.5. The van der Waals surface area contributed by atoms with Gasteiger partial charge >= 0.3 is 6.09 Å². The number of H-pyrrole nitrogens is 1. The number of aromatic amines is 1. The number of carboxylic acid groups (broad SMARTS) is 1. The first kappa shape index (κ1) is 29.0. The monoisotopic (exact) mass is 538 g/mol. The molecule has 0 aliphatic carbocycles. The van der Waals surface area contributed by atoms with Crippen LogP contribution in [-0.2, 0) is 22.6 Å². The number of imidazole rings is 1. The molecule has 0 bridgehead atoms. The first-order valence-corrected chi connectivity index (χ1v) is 12.6. The van der Waals surface area contributed by atoms with Crippen molar-refractivity contribution in [3.05, 3.63) is 58.7 Å². The van der Waals surface area contributed by atoms with Gasteiger partial charge in [0.2, 0.25) is 11.8 Å². The number of nitrogens with one attached hydrogen (secondary N) is 3. The van der Waals surface area contributed by atoms with Gasteiger partial charge in [0, 0.05) is 20.3 Å². The summed E-state index contributed by atoms with van der Waals surface area (Å²) in [5, 5.41) is 13.8. The lowest BCUT2D eigenvalue weighted by Gasteiger charge is -2.16. The Labute approximate surface area is 225 Å². The van der Waals surface area contributed by atoms with Crippen LogP contribution in [0, 0.1) is 5.92 Å². The smallest absolute Gasteiger partial charge is 0.405 e. The van der Waals surface area contributed by atoms with Crippen LogP contribution in [0.5, 0.6) is 0 Å². The Morgan fingerprint density at radius 2 is 1.97 bits per heavy atom. The van der Waals surface area contributed by atoms with Crippen LogP contribution in [0.2, 0.25) is 0 Å². The van der Waals surface area contributed by atoms with E-state index >= 15 is 0 Å². The zero-order valence-electron chi connectivity index (χ0n) is 22.5. The Bertz CT molecular complexity index is 1410. The number of carbonyl (C=O) groups is 3. The van der Waals surface area contributed by atoms with E-state index in [2.05, 4.69) is 44.4 Å². The van der Waals surface area contributed by atoms with E-state index in [9.17, 15) is 19.2 Å². The fourth-order valence-corrected chi connectivity index (χ4v) is 3.77. The fourth-order valence-electron chi connectivity index (χ4n) is 3.77. The third-order valence-electron chi connectivity index (χ3n) is 5.91. The first-order chi connectivity index (χ1) is 18.5. The summed E-state index contributed by atoms with van der Waals surface area (Å²) in [5.41, 5.74) is 1.61. The summed E-state index contributed by atoms with van der Waals surface area (Å²) in [5.74, 6) is 0.109. The molecular weight excluding hydrogens is 504 g/mol.